The lowest BCUT2D eigenvalue weighted by Gasteiger charge is -2.34. The molecule has 0 aliphatic carbocycles. The number of halogens is 1. The van der Waals surface area contributed by atoms with Crippen molar-refractivity contribution in [3.05, 3.63) is 58.1 Å². The number of carbonyl (C=O) groups excluding carboxylic acids is 1. The van der Waals surface area contributed by atoms with Crippen LogP contribution in [0.25, 0.3) is 0 Å². The molecule has 7 nitrogen and oxygen atoms in total. The van der Waals surface area contributed by atoms with Gasteiger partial charge in [-0.05, 0) is 94.3 Å². The van der Waals surface area contributed by atoms with Crippen molar-refractivity contribution in [3.8, 4) is 5.75 Å². The molecule has 4 rings (SSSR count). The summed E-state index contributed by atoms with van der Waals surface area (Å²) in [6, 6.07) is 10.8. The van der Waals surface area contributed by atoms with Crippen molar-refractivity contribution < 1.29 is 24.2 Å². The van der Waals surface area contributed by atoms with Crippen LogP contribution in [0.5, 0.6) is 5.75 Å². The number of ether oxygens (including phenoxy) is 2. The number of carboxylic acids is 1. The Bertz CT molecular complexity index is 1110. The Hall–Kier alpha value is -2.93. The van der Waals surface area contributed by atoms with Crippen LogP contribution in [0, 0.1) is 0 Å². The normalized spacial score (nSPS) is 18.5. The Morgan fingerprint density at radius 1 is 1.08 bits per heavy atom. The molecule has 1 fully saturated rings. The van der Waals surface area contributed by atoms with Crippen LogP contribution >= 0.6 is 11.6 Å². The van der Waals surface area contributed by atoms with E-state index in [2.05, 4.69) is 4.90 Å². The topological polar surface area (TPSA) is 79.3 Å². The molecule has 0 bridgehead atoms. The number of aryl methyl sites for hydroxylation is 1. The Morgan fingerprint density at radius 2 is 1.89 bits per heavy atom. The van der Waals surface area contributed by atoms with Crippen LogP contribution in [0.4, 0.5) is 10.5 Å². The first kappa shape index (κ1) is 26.1. The third-order valence-corrected chi connectivity index (χ3v) is 6.89. The van der Waals surface area contributed by atoms with Crippen molar-refractivity contribution in [2.24, 2.45) is 0 Å². The first-order valence-corrected chi connectivity index (χ1v) is 13.0. The molecular formula is C28H35ClN2O5. The van der Waals surface area contributed by atoms with E-state index in [1.54, 1.807) is 18.2 Å². The number of carboxylic acid groups (broad SMARTS) is 1. The highest BCUT2D eigenvalue weighted by Gasteiger charge is 2.34. The molecule has 0 unspecified atom stereocenters. The van der Waals surface area contributed by atoms with Gasteiger partial charge in [-0.15, -0.1) is 0 Å². The molecule has 1 N–H and O–H groups in total. The first-order chi connectivity index (χ1) is 17.1. The fourth-order valence-electron chi connectivity index (χ4n) is 4.91. The van der Waals surface area contributed by atoms with Crippen LogP contribution in [0.15, 0.2) is 36.4 Å². The Labute approximate surface area is 217 Å². The van der Waals surface area contributed by atoms with Crippen LogP contribution < -0.4 is 9.64 Å². The number of carbonyl (C=O) groups is 2. The highest BCUT2D eigenvalue weighted by atomic mass is 35.5. The molecule has 8 heteroatoms. The van der Waals surface area contributed by atoms with Gasteiger partial charge in [-0.3, -0.25) is 0 Å². The summed E-state index contributed by atoms with van der Waals surface area (Å²) in [7, 11) is 0. The number of aromatic carboxylic acids is 1. The molecule has 194 valence electrons. The molecule has 2 heterocycles. The lowest BCUT2D eigenvalue weighted by molar-refractivity contribution is 0.0231. The van der Waals surface area contributed by atoms with Gasteiger partial charge in [0.2, 0.25) is 0 Å². The lowest BCUT2D eigenvalue weighted by atomic mass is 10.0. The summed E-state index contributed by atoms with van der Waals surface area (Å²) in [6.07, 6.45) is 4.23. The van der Waals surface area contributed by atoms with Crippen LogP contribution in [-0.2, 0) is 17.8 Å². The fourth-order valence-corrected chi connectivity index (χ4v) is 5.11. The molecule has 0 radical (unpaired) electrons. The van der Waals surface area contributed by atoms with Gasteiger partial charge in [0.05, 0.1) is 17.3 Å². The zero-order valence-corrected chi connectivity index (χ0v) is 22.0. The average Bonchev–Trinajstić information content (AvgIpc) is 3.26. The second kappa shape index (κ2) is 11.0. The summed E-state index contributed by atoms with van der Waals surface area (Å²) in [6.45, 7) is 7.93. The maximum absolute atomic E-state index is 12.9. The molecule has 2 aliphatic rings. The number of benzene rings is 2. The Kier molecular flexibility index (Phi) is 7.98. The van der Waals surface area contributed by atoms with Gasteiger partial charge in [0.15, 0.2) is 0 Å². The molecule has 0 aromatic heterocycles. The van der Waals surface area contributed by atoms with Gasteiger partial charge in [0, 0.05) is 24.7 Å². The third kappa shape index (κ3) is 6.44. The lowest BCUT2D eigenvalue weighted by Crippen LogP contribution is -2.45. The van der Waals surface area contributed by atoms with Crippen molar-refractivity contribution in [1.82, 2.24) is 4.90 Å². The number of amides is 1. The molecule has 1 atom stereocenters. The number of hydrogen-bond acceptors (Lipinski definition) is 5. The summed E-state index contributed by atoms with van der Waals surface area (Å²) in [4.78, 5) is 28.7. The van der Waals surface area contributed by atoms with E-state index >= 15 is 0 Å². The molecule has 0 saturated carbocycles. The van der Waals surface area contributed by atoms with Crippen molar-refractivity contribution in [2.45, 2.75) is 71.1 Å². The van der Waals surface area contributed by atoms with Crippen molar-refractivity contribution in [1.29, 1.82) is 0 Å². The number of rotatable bonds is 3. The van der Waals surface area contributed by atoms with Crippen LogP contribution in [0.1, 0.15) is 67.9 Å². The maximum Gasteiger partial charge on any atom is 0.410 e. The number of anilines is 1. The predicted octanol–water partition coefficient (Wildman–Crippen LogP) is 6.16. The minimum absolute atomic E-state index is 0.0256. The monoisotopic (exact) mass is 514 g/mol. The number of fused-ring (bicyclic) bond motifs is 2. The average molecular weight is 515 g/mol. The Balaban J connectivity index is 1.63. The van der Waals surface area contributed by atoms with E-state index in [9.17, 15) is 14.7 Å². The van der Waals surface area contributed by atoms with Gasteiger partial charge in [-0.2, -0.15) is 0 Å². The van der Waals surface area contributed by atoms with Gasteiger partial charge in [-0.25, -0.2) is 9.59 Å². The highest BCUT2D eigenvalue weighted by molar-refractivity contribution is 6.30. The third-order valence-electron chi connectivity index (χ3n) is 6.66. The standard InChI is InChI=1S/C28H35ClN2O5/c1-28(2,3)36-27(34)31-14-6-8-23(31)17-30-13-5-4-7-19-15-22(29)11-9-21(19)18-35-25-12-10-20(26(32)33)16-24(25)30/h9-12,15-16,23H,4-8,13-14,17-18H2,1-3H3,(H,32,33)/t23-/m0/s1. The van der Waals surface area contributed by atoms with E-state index in [4.69, 9.17) is 21.1 Å². The summed E-state index contributed by atoms with van der Waals surface area (Å²) < 4.78 is 11.9. The highest BCUT2D eigenvalue weighted by Crippen LogP contribution is 2.34. The van der Waals surface area contributed by atoms with E-state index < -0.39 is 11.6 Å². The largest absolute Gasteiger partial charge is 0.487 e. The SMILES string of the molecule is CC(C)(C)OC(=O)N1CCC[C@H]1CN1CCCCc2cc(Cl)ccc2COc2ccc(C(=O)O)cc21. The summed E-state index contributed by atoms with van der Waals surface area (Å²) in [5.41, 5.74) is 2.64. The second-order valence-corrected chi connectivity index (χ2v) is 11.0. The van der Waals surface area contributed by atoms with Crippen LogP contribution in [-0.4, -0.2) is 53.3 Å². The van der Waals surface area contributed by atoms with Gasteiger partial charge in [0.1, 0.15) is 18.0 Å². The summed E-state index contributed by atoms with van der Waals surface area (Å²) in [5, 5.41) is 10.4. The quantitative estimate of drug-likeness (QED) is 0.528. The number of likely N-dealkylation sites (tertiary alicyclic amines) is 1. The van der Waals surface area contributed by atoms with Gasteiger partial charge >= 0.3 is 12.1 Å². The summed E-state index contributed by atoms with van der Waals surface area (Å²) in [5.74, 6) is -0.354. The van der Waals surface area contributed by atoms with Crippen LogP contribution in [0.2, 0.25) is 5.02 Å². The predicted molar refractivity (Wildman–Crippen MR) is 140 cm³/mol. The molecule has 2 aliphatic heterocycles. The van der Waals surface area contributed by atoms with Crippen molar-refractivity contribution >= 4 is 29.4 Å². The maximum atomic E-state index is 12.9. The van der Waals surface area contributed by atoms with Crippen molar-refractivity contribution in [3.63, 3.8) is 0 Å². The molecule has 1 amide bonds. The molecule has 2 aromatic carbocycles. The minimum Gasteiger partial charge on any atom is -0.487 e. The van der Waals surface area contributed by atoms with E-state index in [0.29, 0.717) is 37.0 Å². The van der Waals surface area contributed by atoms with E-state index in [1.807, 2.05) is 43.9 Å². The van der Waals surface area contributed by atoms with E-state index in [0.717, 1.165) is 43.4 Å². The zero-order chi connectivity index (χ0) is 25.9. The van der Waals surface area contributed by atoms with Crippen LogP contribution in [0.3, 0.4) is 0 Å². The van der Waals surface area contributed by atoms with Crippen molar-refractivity contribution in [2.75, 3.05) is 24.5 Å². The Morgan fingerprint density at radius 3 is 2.64 bits per heavy atom. The number of hydrogen-bond donors (Lipinski definition) is 1. The van der Waals surface area contributed by atoms with Gasteiger partial charge in [0.25, 0.3) is 0 Å². The fraction of sp³-hybridized carbons (Fsp3) is 0.500. The van der Waals surface area contributed by atoms with E-state index in [1.165, 1.54) is 5.56 Å². The van der Waals surface area contributed by atoms with E-state index in [-0.39, 0.29) is 17.7 Å². The first-order valence-electron chi connectivity index (χ1n) is 12.6. The summed E-state index contributed by atoms with van der Waals surface area (Å²) >= 11 is 6.25. The molecule has 0 spiro atoms. The van der Waals surface area contributed by atoms with Gasteiger partial charge < -0.3 is 24.4 Å². The smallest absolute Gasteiger partial charge is 0.410 e. The molecule has 2 aromatic rings. The second-order valence-electron chi connectivity index (χ2n) is 10.6. The molecular weight excluding hydrogens is 480 g/mol. The minimum atomic E-state index is -0.983. The van der Waals surface area contributed by atoms with Gasteiger partial charge in [-0.1, -0.05) is 17.7 Å². The molecule has 1 saturated heterocycles. The zero-order valence-electron chi connectivity index (χ0n) is 21.3. The molecule has 36 heavy (non-hydrogen) atoms. The number of nitrogens with zero attached hydrogens (tertiary/aromatic N) is 2.